The molecule has 0 atom stereocenters. The summed E-state index contributed by atoms with van der Waals surface area (Å²) in [4.78, 5) is 18.5. The van der Waals surface area contributed by atoms with Crippen LogP contribution < -0.4 is 5.56 Å². The van der Waals surface area contributed by atoms with E-state index in [9.17, 15) is 4.79 Å². The third kappa shape index (κ3) is 3.94. The highest BCUT2D eigenvalue weighted by Crippen LogP contribution is 2.26. The normalized spacial score (nSPS) is 11.7. The van der Waals surface area contributed by atoms with E-state index >= 15 is 0 Å². The fourth-order valence-electron chi connectivity index (χ4n) is 3.44. The van der Waals surface area contributed by atoms with E-state index in [1.165, 1.54) is 11.8 Å². The molecule has 0 aliphatic rings. The van der Waals surface area contributed by atoms with Gasteiger partial charge in [-0.05, 0) is 36.9 Å². The molecule has 0 N–H and O–H groups in total. The second kappa shape index (κ2) is 9.23. The molecule has 0 spiro atoms. The number of ether oxygens (including phenoxy) is 1. The smallest absolute Gasteiger partial charge is 0.268 e. The van der Waals surface area contributed by atoms with Crippen LogP contribution in [-0.2, 0) is 17.0 Å². The fraction of sp³-hybridized carbons (Fsp3) is 0.286. The number of rotatable bonds is 9. The van der Waals surface area contributed by atoms with Crippen molar-refractivity contribution >= 4 is 39.8 Å². The SMILES string of the molecule is CCOCCCn1c(=O)c2ccccc2n2c(SCc3noc(-c4cccs4)n3)nnc12. The number of nitrogens with zero attached hydrogens (tertiary/aromatic N) is 6. The molecule has 0 aliphatic heterocycles. The topological polar surface area (TPSA) is 100 Å². The lowest BCUT2D eigenvalue weighted by atomic mass is 10.2. The van der Waals surface area contributed by atoms with Crippen molar-refractivity contribution in [2.75, 3.05) is 13.2 Å². The van der Waals surface area contributed by atoms with Gasteiger partial charge in [-0.3, -0.25) is 13.8 Å². The first-order chi connectivity index (χ1) is 15.8. The Hall–Kier alpha value is -3.02. The molecule has 0 saturated carbocycles. The molecule has 0 fully saturated rings. The lowest BCUT2D eigenvalue weighted by Crippen LogP contribution is -2.24. The first-order valence-corrected chi connectivity index (χ1v) is 12.1. The van der Waals surface area contributed by atoms with E-state index in [-0.39, 0.29) is 5.56 Å². The van der Waals surface area contributed by atoms with Gasteiger partial charge in [0.2, 0.25) is 5.78 Å². The Morgan fingerprint density at radius 1 is 1.19 bits per heavy atom. The molecule has 32 heavy (non-hydrogen) atoms. The highest BCUT2D eigenvalue weighted by Gasteiger charge is 2.18. The van der Waals surface area contributed by atoms with E-state index < -0.39 is 0 Å². The largest absolute Gasteiger partial charge is 0.382 e. The van der Waals surface area contributed by atoms with E-state index in [4.69, 9.17) is 9.26 Å². The van der Waals surface area contributed by atoms with E-state index in [2.05, 4.69) is 20.3 Å². The molecule has 9 nitrogen and oxygen atoms in total. The minimum Gasteiger partial charge on any atom is -0.382 e. The molecule has 0 amide bonds. The summed E-state index contributed by atoms with van der Waals surface area (Å²) in [5.41, 5.74) is 0.695. The van der Waals surface area contributed by atoms with Gasteiger partial charge in [-0.2, -0.15) is 4.98 Å². The number of hydrogen-bond acceptors (Lipinski definition) is 9. The number of aryl methyl sites for hydroxylation is 1. The van der Waals surface area contributed by atoms with Crippen LogP contribution in [0.2, 0.25) is 0 Å². The van der Waals surface area contributed by atoms with Crippen molar-refractivity contribution in [3.8, 4) is 10.8 Å². The van der Waals surface area contributed by atoms with Crippen molar-refractivity contribution in [1.82, 2.24) is 29.3 Å². The van der Waals surface area contributed by atoms with Crippen LogP contribution in [0.4, 0.5) is 0 Å². The summed E-state index contributed by atoms with van der Waals surface area (Å²) in [5.74, 6) is 2.06. The molecule has 0 saturated heterocycles. The highest BCUT2D eigenvalue weighted by molar-refractivity contribution is 7.98. The fourth-order valence-corrected chi connectivity index (χ4v) is 4.87. The molecular formula is C21H20N6O3S2. The van der Waals surface area contributed by atoms with Gasteiger partial charge in [-0.25, -0.2) is 0 Å². The average Bonchev–Trinajstić information content (AvgIpc) is 3.58. The van der Waals surface area contributed by atoms with Crippen molar-refractivity contribution < 1.29 is 9.26 Å². The third-order valence-corrected chi connectivity index (χ3v) is 6.67. The second-order valence-electron chi connectivity index (χ2n) is 6.92. The van der Waals surface area contributed by atoms with Crippen LogP contribution >= 0.6 is 23.1 Å². The van der Waals surface area contributed by atoms with Crippen molar-refractivity contribution in [2.24, 2.45) is 0 Å². The van der Waals surface area contributed by atoms with Crippen molar-refractivity contribution in [3.05, 3.63) is 58.0 Å². The van der Waals surface area contributed by atoms with E-state index in [0.717, 1.165) is 10.4 Å². The standard InChI is InChI=1S/C21H20N6O3S2/c1-2-29-11-6-10-26-19(28)14-7-3-4-8-15(14)27-20(26)23-24-21(27)32-13-17-22-18(30-25-17)16-9-5-12-31-16/h3-5,7-9,12H,2,6,10-11,13H2,1H3. The lowest BCUT2D eigenvalue weighted by molar-refractivity contribution is 0.141. The van der Waals surface area contributed by atoms with Gasteiger partial charge in [0.1, 0.15) is 0 Å². The van der Waals surface area contributed by atoms with Gasteiger partial charge >= 0.3 is 0 Å². The zero-order valence-corrected chi connectivity index (χ0v) is 18.9. The Balaban J connectivity index is 1.47. The Labute approximate surface area is 191 Å². The maximum atomic E-state index is 13.1. The van der Waals surface area contributed by atoms with Gasteiger partial charge in [0.15, 0.2) is 11.0 Å². The summed E-state index contributed by atoms with van der Waals surface area (Å²) < 4.78 is 14.4. The summed E-state index contributed by atoms with van der Waals surface area (Å²) in [6.45, 7) is 3.70. The number of aromatic nitrogens is 6. The number of hydrogen-bond donors (Lipinski definition) is 0. The van der Waals surface area contributed by atoms with Crippen LogP contribution in [0.25, 0.3) is 27.4 Å². The molecular weight excluding hydrogens is 448 g/mol. The maximum absolute atomic E-state index is 13.1. The first-order valence-electron chi connectivity index (χ1n) is 10.2. The molecule has 1 aromatic carbocycles. The molecule has 0 unspecified atom stereocenters. The summed E-state index contributed by atoms with van der Waals surface area (Å²) in [5, 5.41) is 16.0. The van der Waals surface area contributed by atoms with E-state index in [0.29, 0.717) is 60.0 Å². The highest BCUT2D eigenvalue weighted by atomic mass is 32.2. The molecule has 4 heterocycles. The Morgan fingerprint density at radius 3 is 2.94 bits per heavy atom. The molecule has 164 valence electrons. The average molecular weight is 469 g/mol. The number of thioether (sulfide) groups is 1. The number of thiophene rings is 1. The molecule has 5 rings (SSSR count). The predicted octanol–water partition coefficient (Wildman–Crippen LogP) is 3.87. The number of para-hydroxylation sites is 1. The van der Waals surface area contributed by atoms with Gasteiger partial charge in [-0.1, -0.05) is 35.1 Å². The number of benzene rings is 1. The van der Waals surface area contributed by atoms with Crippen molar-refractivity contribution in [2.45, 2.75) is 30.8 Å². The van der Waals surface area contributed by atoms with E-state index in [1.807, 2.05) is 53.1 Å². The Kier molecular flexibility index (Phi) is 6.02. The molecule has 0 aliphatic carbocycles. The first kappa shape index (κ1) is 20.9. The Morgan fingerprint density at radius 2 is 2.09 bits per heavy atom. The zero-order valence-electron chi connectivity index (χ0n) is 17.3. The van der Waals surface area contributed by atoms with Gasteiger partial charge in [0, 0.05) is 19.8 Å². The quantitative estimate of drug-likeness (QED) is 0.237. The van der Waals surface area contributed by atoms with Crippen LogP contribution in [0.3, 0.4) is 0 Å². The van der Waals surface area contributed by atoms with Crippen LogP contribution in [0.1, 0.15) is 19.2 Å². The zero-order chi connectivity index (χ0) is 21.9. The molecule has 0 bridgehead atoms. The monoisotopic (exact) mass is 468 g/mol. The molecule has 5 aromatic rings. The van der Waals surface area contributed by atoms with Crippen LogP contribution in [0, 0.1) is 0 Å². The molecule has 0 radical (unpaired) electrons. The van der Waals surface area contributed by atoms with Gasteiger partial charge in [0.05, 0.1) is 21.5 Å². The minimum atomic E-state index is -0.0766. The molecule has 4 aromatic heterocycles. The summed E-state index contributed by atoms with van der Waals surface area (Å²) in [6.07, 6.45) is 0.714. The van der Waals surface area contributed by atoms with Crippen LogP contribution in [0.15, 0.2) is 56.3 Å². The molecule has 11 heteroatoms. The minimum absolute atomic E-state index is 0.0766. The second-order valence-corrected chi connectivity index (χ2v) is 8.81. The summed E-state index contributed by atoms with van der Waals surface area (Å²) in [7, 11) is 0. The van der Waals surface area contributed by atoms with Gasteiger partial charge in [-0.15, -0.1) is 21.5 Å². The Bertz CT molecular complexity index is 1410. The van der Waals surface area contributed by atoms with Crippen LogP contribution in [0.5, 0.6) is 0 Å². The maximum Gasteiger partial charge on any atom is 0.268 e. The van der Waals surface area contributed by atoms with E-state index in [1.54, 1.807) is 15.9 Å². The number of fused-ring (bicyclic) bond motifs is 3. The third-order valence-electron chi connectivity index (χ3n) is 4.88. The summed E-state index contributed by atoms with van der Waals surface area (Å²) >= 11 is 3.00. The van der Waals surface area contributed by atoms with Crippen molar-refractivity contribution in [3.63, 3.8) is 0 Å². The lowest BCUT2D eigenvalue weighted by Gasteiger charge is -2.11. The van der Waals surface area contributed by atoms with Gasteiger partial charge in [0.25, 0.3) is 11.4 Å². The summed E-state index contributed by atoms with van der Waals surface area (Å²) in [6, 6.07) is 11.4. The predicted molar refractivity (Wildman–Crippen MR) is 123 cm³/mol. The van der Waals surface area contributed by atoms with Gasteiger partial charge < -0.3 is 9.26 Å². The van der Waals surface area contributed by atoms with Crippen LogP contribution in [-0.4, -0.2) is 42.5 Å². The van der Waals surface area contributed by atoms with Crippen molar-refractivity contribution in [1.29, 1.82) is 0 Å².